The molecular weight excluding hydrogens is 394 g/mol. The number of nitrogens with zero attached hydrogens (tertiary/aromatic N) is 3. The van der Waals surface area contributed by atoms with E-state index in [1.165, 1.54) is 12.4 Å². The number of hydrogen-bond donors (Lipinski definition) is 1. The number of nitrogens with one attached hydrogen (secondary N) is 1. The zero-order chi connectivity index (χ0) is 21.4. The third kappa shape index (κ3) is 3.96. The monoisotopic (exact) mass is 416 g/mol. The lowest BCUT2D eigenvalue weighted by molar-refractivity contribution is -0.117. The van der Waals surface area contributed by atoms with Crippen LogP contribution in [0, 0.1) is 12.8 Å². The summed E-state index contributed by atoms with van der Waals surface area (Å²) in [7, 11) is 0. The summed E-state index contributed by atoms with van der Waals surface area (Å²) in [5, 5.41) is 2.84. The fraction of sp³-hybridized carbons (Fsp3) is 0.429. The van der Waals surface area contributed by atoms with Crippen molar-refractivity contribution in [1.82, 2.24) is 14.9 Å². The van der Waals surface area contributed by atoms with E-state index in [1.54, 1.807) is 24.0 Å². The molecule has 0 bridgehead atoms. The first kappa shape index (κ1) is 20.2. The fourth-order valence-electron chi connectivity index (χ4n) is 3.49. The molecule has 1 atom stereocenters. The van der Waals surface area contributed by atoms with Crippen molar-refractivity contribution < 1.29 is 23.1 Å². The number of ether oxygens (including phenoxy) is 1. The van der Waals surface area contributed by atoms with Gasteiger partial charge in [-0.15, -0.1) is 0 Å². The number of aromatic nitrogens is 2. The molecule has 2 aromatic rings. The molecule has 1 unspecified atom stereocenters. The van der Waals surface area contributed by atoms with E-state index >= 15 is 0 Å². The summed E-state index contributed by atoms with van der Waals surface area (Å²) >= 11 is 0. The molecule has 0 radical (unpaired) electrons. The van der Waals surface area contributed by atoms with Crippen LogP contribution in [0.2, 0.25) is 0 Å². The minimum Gasteiger partial charge on any atom is -0.486 e. The molecule has 1 aliphatic carbocycles. The van der Waals surface area contributed by atoms with E-state index < -0.39 is 13.0 Å². The summed E-state index contributed by atoms with van der Waals surface area (Å²) in [6, 6.07) is 3.02. The molecule has 158 valence electrons. The number of rotatable bonds is 7. The van der Waals surface area contributed by atoms with E-state index in [0.717, 1.165) is 12.8 Å². The summed E-state index contributed by atoms with van der Waals surface area (Å²) in [5.74, 6) is 0.516. The van der Waals surface area contributed by atoms with Crippen LogP contribution in [0.25, 0.3) is 0 Å². The van der Waals surface area contributed by atoms with E-state index in [2.05, 4.69) is 15.3 Å². The topological polar surface area (TPSA) is 84.4 Å². The number of aryl methyl sites for hydroxylation is 1. The van der Waals surface area contributed by atoms with Gasteiger partial charge in [-0.05, 0) is 44.4 Å². The Morgan fingerprint density at radius 1 is 1.37 bits per heavy atom. The van der Waals surface area contributed by atoms with Gasteiger partial charge in [0.25, 0.3) is 12.3 Å². The molecule has 3 heterocycles. The van der Waals surface area contributed by atoms with Gasteiger partial charge in [-0.2, -0.15) is 0 Å². The van der Waals surface area contributed by atoms with Crippen molar-refractivity contribution >= 4 is 17.6 Å². The second kappa shape index (κ2) is 7.97. The first-order valence-electron chi connectivity index (χ1n) is 9.82. The molecule has 2 amide bonds. The van der Waals surface area contributed by atoms with Crippen molar-refractivity contribution in [2.24, 2.45) is 5.92 Å². The molecule has 7 nitrogen and oxygen atoms in total. The predicted molar refractivity (Wildman–Crippen MR) is 104 cm³/mol. The summed E-state index contributed by atoms with van der Waals surface area (Å²) in [6.07, 6.45) is 2.12. The number of alkyl halides is 2. The van der Waals surface area contributed by atoms with E-state index in [0.29, 0.717) is 34.7 Å². The van der Waals surface area contributed by atoms with Crippen LogP contribution >= 0.6 is 0 Å². The molecule has 0 spiro atoms. The van der Waals surface area contributed by atoms with Crippen molar-refractivity contribution in [2.45, 2.75) is 45.7 Å². The summed E-state index contributed by atoms with van der Waals surface area (Å²) in [4.78, 5) is 35.3. The summed E-state index contributed by atoms with van der Waals surface area (Å²) in [6.45, 7) is 3.20. The average Bonchev–Trinajstić information content (AvgIpc) is 3.51. The zero-order valence-corrected chi connectivity index (χ0v) is 16.7. The Kier molecular flexibility index (Phi) is 5.36. The third-order valence-corrected chi connectivity index (χ3v) is 5.41. The molecule has 1 fully saturated rings. The Labute approximate surface area is 172 Å². The molecule has 4 rings (SSSR count). The summed E-state index contributed by atoms with van der Waals surface area (Å²) in [5.41, 5.74) is 2.49. The van der Waals surface area contributed by atoms with E-state index in [4.69, 9.17) is 4.74 Å². The van der Waals surface area contributed by atoms with Crippen LogP contribution in [-0.2, 0) is 11.3 Å². The van der Waals surface area contributed by atoms with Gasteiger partial charge in [-0.25, -0.2) is 13.8 Å². The summed E-state index contributed by atoms with van der Waals surface area (Å²) < 4.78 is 29.8. The minimum absolute atomic E-state index is 0.0350. The van der Waals surface area contributed by atoms with Gasteiger partial charge in [0.15, 0.2) is 0 Å². The Morgan fingerprint density at radius 3 is 2.80 bits per heavy atom. The van der Waals surface area contributed by atoms with Gasteiger partial charge < -0.3 is 15.0 Å². The highest BCUT2D eigenvalue weighted by Gasteiger charge is 2.36. The lowest BCUT2D eigenvalue weighted by Crippen LogP contribution is -2.28. The van der Waals surface area contributed by atoms with Crippen molar-refractivity contribution in [3.05, 3.63) is 46.9 Å². The Morgan fingerprint density at radius 2 is 2.13 bits per heavy atom. The maximum absolute atomic E-state index is 13.0. The molecule has 1 aliphatic heterocycles. The smallest absolute Gasteiger partial charge is 0.272 e. The lowest BCUT2D eigenvalue weighted by atomic mass is 10.1. The quantitative estimate of drug-likeness (QED) is 0.747. The van der Waals surface area contributed by atoms with Crippen LogP contribution in [0.1, 0.15) is 53.0 Å². The number of hydrogen-bond acceptors (Lipinski definition) is 5. The van der Waals surface area contributed by atoms with Gasteiger partial charge in [0.1, 0.15) is 18.2 Å². The van der Waals surface area contributed by atoms with E-state index in [1.807, 2.05) is 6.92 Å². The molecule has 9 heteroatoms. The first-order chi connectivity index (χ1) is 14.3. The lowest BCUT2D eigenvalue weighted by Gasteiger charge is -2.24. The van der Waals surface area contributed by atoms with Crippen molar-refractivity contribution in [1.29, 1.82) is 0 Å². The fourth-order valence-corrected chi connectivity index (χ4v) is 3.49. The molecule has 30 heavy (non-hydrogen) atoms. The maximum atomic E-state index is 13.0. The van der Waals surface area contributed by atoms with Crippen molar-refractivity contribution in [3.8, 4) is 5.75 Å². The Hall–Kier alpha value is -3.10. The maximum Gasteiger partial charge on any atom is 0.272 e. The number of carbonyl (C=O) groups excluding carboxylic acids is 2. The highest BCUT2D eigenvalue weighted by atomic mass is 19.3. The Balaban J connectivity index is 1.52. The molecule has 0 saturated heterocycles. The van der Waals surface area contributed by atoms with Crippen LogP contribution in [0.5, 0.6) is 5.75 Å². The van der Waals surface area contributed by atoms with E-state index in [9.17, 15) is 18.4 Å². The zero-order valence-electron chi connectivity index (χ0n) is 16.7. The third-order valence-electron chi connectivity index (χ3n) is 5.41. The molecule has 1 saturated carbocycles. The highest BCUT2D eigenvalue weighted by Crippen LogP contribution is 2.35. The normalized spacial score (nSPS) is 16.6. The van der Waals surface area contributed by atoms with Gasteiger partial charge in [0, 0.05) is 23.2 Å². The van der Waals surface area contributed by atoms with Crippen LogP contribution in [0.3, 0.4) is 0 Å². The molecule has 2 aromatic heterocycles. The van der Waals surface area contributed by atoms with Gasteiger partial charge in [-0.3, -0.25) is 14.6 Å². The minimum atomic E-state index is -2.56. The predicted octanol–water partition coefficient (Wildman–Crippen LogP) is 3.49. The highest BCUT2D eigenvalue weighted by molar-refractivity contribution is 6.02. The van der Waals surface area contributed by atoms with Crippen LogP contribution in [-0.4, -0.2) is 39.7 Å². The van der Waals surface area contributed by atoms with Gasteiger partial charge in [0.2, 0.25) is 5.91 Å². The van der Waals surface area contributed by atoms with Crippen LogP contribution < -0.4 is 10.1 Å². The average molecular weight is 416 g/mol. The number of halogens is 2. The first-order valence-corrected chi connectivity index (χ1v) is 9.82. The van der Waals surface area contributed by atoms with Gasteiger partial charge >= 0.3 is 0 Å². The molecule has 0 aromatic carbocycles. The molecular formula is C21H22F2N4O3. The largest absolute Gasteiger partial charge is 0.486 e. The number of fused-ring (bicyclic) bond motifs is 1. The van der Waals surface area contributed by atoms with Gasteiger partial charge in [-0.1, -0.05) is 0 Å². The second-order valence-corrected chi connectivity index (χ2v) is 7.63. The number of anilines is 1. The molecule has 1 N–H and O–H groups in total. The SMILES string of the molecule is Cc1cc(C(C)N2Cc3c(ccnc3NC(=O)C3CC3)C2=O)ncc1OCC(F)F. The van der Waals surface area contributed by atoms with Crippen molar-refractivity contribution in [2.75, 3.05) is 11.9 Å². The second-order valence-electron chi connectivity index (χ2n) is 7.63. The Bertz CT molecular complexity index is 994. The number of pyridine rings is 2. The number of carbonyl (C=O) groups is 2. The van der Waals surface area contributed by atoms with E-state index in [-0.39, 0.29) is 29.5 Å². The number of amides is 2. The van der Waals surface area contributed by atoms with Crippen molar-refractivity contribution in [3.63, 3.8) is 0 Å². The van der Waals surface area contributed by atoms with Crippen LogP contribution in [0.4, 0.5) is 14.6 Å². The standard InChI is InChI=1S/C21H22F2N4O3/c1-11-7-16(25-8-17(11)30-10-18(22)23)12(2)27-9-15-14(21(27)29)5-6-24-19(15)26-20(28)13-3-4-13/h5-8,12-13,18H,3-4,9-10H2,1-2H3,(H,24,26,28). The van der Waals surface area contributed by atoms with Gasteiger partial charge in [0.05, 0.1) is 24.5 Å². The van der Waals surface area contributed by atoms with Crippen LogP contribution in [0.15, 0.2) is 24.5 Å². The molecule has 2 aliphatic rings.